The molecule has 0 saturated carbocycles. The van der Waals surface area contributed by atoms with Crippen LogP contribution in [0.1, 0.15) is 46.5 Å². The molecule has 1 fully saturated rings. The number of hydrogen-bond donors (Lipinski definition) is 1. The molecule has 1 unspecified atom stereocenters. The van der Waals surface area contributed by atoms with E-state index in [0.29, 0.717) is 12.0 Å². The van der Waals surface area contributed by atoms with Gasteiger partial charge in [0.2, 0.25) is 0 Å². The van der Waals surface area contributed by atoms with Gasteiger partial charge in [-0.05, 0) is 37.4 Å². The minimum Gasteiger partial charge on any atom is -0.383 e. The maximum absolute atomic E-state index is 5.47. The van der Waals surface area contributed by atoms with E-state index in [1.54, 1.807) is 7.11 Å². The van der Waals surface area contributed by atoms with Crippen LogP contribution >= 0.6 is 12.2 Å². The first-order valence-electron chi connectivity index (χ1n) is 7.11. The Kier molecular flexibility index (Phi) is 6.36. The Labute approximate surface area is 117 Å². The molecule has 1 heterocycles. The summed E-state index contributed by atoms with van der Waals surface area (Å²) >= 11 is 5.47. The molecular formula is C14H28N2OS. The zero-order chi connectivity index (χ0) is 13.6. The fraction of sp³-hybridized carbons (Fsp3) is 0.929. The van der Waals surface area contributed by atoms with Gasteiger partial charge in [-0.2, -0.15) is 0 Å². The molecule has 0 spiro atoms. The highest BCUT2D eigenvalue weighted by molar-refractivity contribution is 7.80. The highest BCUT2D eigenvalue weighted by atomic mass is 32.1. The molecule has 0 aromatic rings. The maximum atomic E-state index is 5.47. The van der Waals surface area contributed by atoms with Gasteiger partial charge in [-0.15, -0.1) is 0 Å². The summed E-state index contributed by atoms with van der Waals surface area (Å²) in [6.07, 6.45) is 5.11. The summed E-state index contributed by atoms with van der Waals surface area (Å²) in [4.78, 5) is 2.31. The summed E-state index contributed by atoms with van der Waals surface area (Å²) < 4.78 is 5.12. The molecule has 1 N–H and O–H groups in total. The number of rotatable bonds is 5. The fourth-order valence-corrected chi connectivity index (χ4v) is 3.12. The number of nitrogens with zero attached hydrogens (tertiary/aromatic N) is 1. The third-order valence-electron chi connectivity index (χ3n) is 4.40. The zero-order valence-electron chi connectivity index (χ0n) is 12.3. The number of piperidine rings is 1. The van der Waals surface area contributed by atoms with E-state index in [4.69, 9.17) is 17.0 Å². The van der Waals surface area contributed by atoms with E-state index in [1.807, 2.05) is 0 Å². The number of thiocarbonyl (C=S) groups is 1. The molecule has 0 bridgehead atoms. The molecule has 0 amide bonds. The van der Waals surface area contributed by atoms with Crippen molar-refractivity contribution >= 4 is 17.3 Å². The van der Waals surface area contributed by atoms with Crippen molar-refractivity contribution in [3.05, 3.63) is 0 Å². The standard InChI is InChI=1S/C14H28N2OS/c1-5-14(6-2)7-9-16(10-8-14)13(18)15-12(3)11-17-4/h12H,5-11H2,1-4H3,(H,15,18). The lowest BCUT2D eigenvalue weighted by molar-refractivity contribution is 0.133. The molecule has 1 rings (SSSR count). The first kappa shape index (κ1) is 15.7. The molecule has 0 aromatic carbocycles. The smallest absolute Gasteiger partial charge is 0.169 e. The normalized spacial score (nSPS) is 20.6. The highest BCUT2D eigenvalue weighted by Gasteiger charge is 2.31. The minimum absolute atomic E-state index is 0.284. The quantitative estimate of drug-likeness (QED) is 0.778. The molecule has 1 aliphatic rings. The van der Waals surface area contributed by atoms with Crippen LogP contribution in [0.3, 0.4) is 0 Å². The molecule has 0 radical (unpaired) electrons. The van der Waals surface area contributed by atoms with Crippen molar-refractivity contribution in [3.63, 3.8) is 0 Å². The van der Waals surface area contributed by atoms with Gasteiger partial charge >= 0.3 is 0 Å². The van der Waals surface area contributed by atoms with E-state index < -0.39 is 0 Å². The summed E-state index contributed by atoms with van der Waals surface area (Å²) in [6, 6.07) is 0.284. The van der Waals surface area contributed by atoms with E-state index in [2.05, 4.69) is 31.0 Å². The average molecular weight is 272 g/mol. The molecule has 0 aromatic heterocycles. The van der Waals surface area contributed by atoms with Crippen LogP contribution in [0.15, 0.2) is 0 Å². The number of likely N-dealkylation sites (tertiary alicyclic amines) is 1. The van der Waals surface area contributed by atoms with Gasteiger partial charge in [0, 0.05) is 26.2 Å². The monoisotopic (exact) mass is 272 g/mol. The molecule has 0 aliphatic carbocycles. The Morgan fingerprint density at radius 3 is 2.33 bits per heavy atom. The van der Waals surface area contributed by atoms with Crippen molar-refractivity contribution < 1.29 is 4.74 Å². The topological polar surface area (TPSA) is 24.5 Å². The Balaban J connectivity index is 2.40. The van der Waals surface area contributed by atoms with Crippen LogP contribution in [-0.2, 0) is 4.74 Å². The zero-order valence-corrected chi connectivity index (χ0v) is 13.1. The minimum atomic E-state index is 0.284. The molecule has 106 valence electrons. The first-order chi connectivity index (χ1) is 8.56. The highest BCUT2D eigenvalue weighted by Crippen LogP contribution is 2.37. The second-order valence-corrected chi connectivity index (χ2v) is 5.89. The molecule has 1 aliphatic heterocycles. The predicted octanol–water partition coefficient (Wildman–Crippen LogP) is 2.80. The van der Waals surface area contributed by atoms with Crippen LogP contribution in [0.2, 0.25) is 0 Å². The second kappa shape index (κ2) is 7.29. The van der Waals surface area contributed by atoms with Gasteiger partial charge in [-0.3, -0.25) is 0 Å². The van der Waals surface area contributed by atoms with Crippen molar-refractivity contribution in [3.8, 4) is 0 Å². The lowest BCUT2D eigenvalue weighted by Crippen LogP contribution is -2.49. The van der Waals surface area contributed by atoms with E-state index in [-0.39, 0.29) is 6.04 Å². The summed E-state index contributed by atoms with van der Waals surface area (Å²) in [5, 5.41) is 4.24. The Morgan fingerprint density at radius 2 is 1.89 bits per heavy atom. The summed E-state index contributed by atoms with van der Waals surface area (Å²) in [5.41, 5.74) is 0.560. The van der Waals surface area contributed by atoms with Crippen molar-refractivity contribution in [2.75, 3.05) is 26.8 Å². The number of hydrogen-bond acceptors (Lipinski definition) is 2. The summed E-state index contributed by atoms with van der Waals surface area (Å²) in [6.45, 7) is 9.61. The first-order valence-corrected chi connectivity index (χ1v) is 7.52. The van der Waals surface area contributed by atoms with Gasteiger partial charge in [-0.25, -0.2) is 0 Å². The number of methoxy groups -OCH3 is 1. The molecule has 3 nitrogen and oxygen atoms in total. The fourth-order valence-electron chi connectivity index (χ4n) is 2.73. The molecule has 18 heavy (non-hydrogen) atoms. The predicted molar refractivity (Wildman–Crippen MR) is 80.9 cm³/mol. The van der Waals surface area contributed by atoms with Crippen LogP contribution in [0.4, 0.5) is 0 Å². The van der Waals surface area contributed by atoms with Gasteiger partial charge in [0.1, 0.15) is 0 Å². The average Bonchev–Trinajstić information content (AvgIpc) is 2.39. The summed E-state index contributed by atoms with van der Waals surface area (Å²) in [5.74, 6) is 0. The van der Waals surface area contributed by atoms with Gasteiger partial charge in [0.15, 0.2) is 5.11 Å². The lowest BCUT2D eigenvalue weighted by atomic mass is 9.74. The second-order valence-electron chi connectivity index (χ2n) is 5.50. The van der Waals surface area contributed by atoms with Gasteiger partial charge in [0.25, 0.3) is 0 Å². The SMILES string of the molecule is CCC1(CC)CCN(C(=S)NC(C)COC)CC1. The van der Waals surface area contributed by atoms with Crippen LogP contribution in [0.5, 0.6) is 0 Å². The summed E-state index contributed by atoms with van der Waals surface area (Å²) in [7, 11) is 1.72. The number of ether oxygens (including phenoxy) is 1. The lowest BCUT2D eigenvalue weighted by Gasteiger charge is -2.42. The molecular weight excluding hydrogens is 244 g/mol. The van der Waals surface area contributed by atoms with Gasteiger partial charge in [0.05, 0.1) is 6.61 Å². The molecule has 1 atom stereocenters. The van der Waals surface area contributed by atoms with Crippen LogP contribution in [-0.4, -0.2) is 42.9 Å². The van der Waals surface area contributed by atoms with Gasteiger partial charge < -0.3 is 15.0 Å². The van der Waals surface area contributed by atoms with Crippen molar-refractivity contribution in [1.29, 1.82) is 0 Å². The van der Waals surface area contributed by atoms with E-state index in [0.717, 1.165) is 18.2 Å². The van der Waals surface area contributed by atoms with E-state index in [1.165, 1.54) is 25.7 Å². The van der Waals surface area contributed by atoms with Crippen molar-refractivity contribution in [2.45, 2.75) is 52.5 Å². The Morgan fingerprint density at radius 1 is 1.33 bits per heavy atom. The number of nitrogens with one attached hydrogen (secondary N) is 1. The molecule has 1 saturated heterocycles. The van der Waals surface area contributed by atoms with E-state index >= 15 is 0 Å². The molecule has 4 heteroatoms. The third kappa shape index (κ3) is 4.09. The largest absolute Gasteiger partial charge is 0.383 e. The Hall–Kier alpha value is -0.350. The van der Waals surface area contributed by atoms with Crippen molar-refractivity contribution in [1.82, 2.24) is 10.2 Å². The maximum Gasteiger partial charge on any atom is 0.169 e. The Bertz CT molecular complexity index is 257. The van der Waals surface area contributed by atoms with E-state index in [9.17, 15) is 0 Å². The third-order valence-corrected chi connectivity index (χ3v) is 4.77. The van der Waals surface area contributed by atoms with Crippen molar-refractivity contribution in [2.24, 2.45) is 5.41 Å². The van der Waals surface area contributed by atoms with Crippen LogP contribution in [0, 0.1) is 5.41 Å². The van der Waals surface area contributed by atoms with Gasteiger partial charge in [-0.1, -0.05) is 26.7 Å². The van der Waals surface area contributed by atoms with Crippen LogP contribution in [0.25, 0.3) is 0 Å². The van der Waals surface area contributed by atoms with Crippen LogP contribution < -0.4 is 5.32 Å².